The second-order valence-electron chi connectivity index (χ2n) is 5.87. The number of rotatable bonds is 4. The number of aliphatic hydroxyl groups is 1. The Kier molecular flexibility index (Phi) is 3.99. The van der Waals surface area contributed by atoms with E-state index in [9.17, 15) is 14.7 Å². The van der Waals surface area contributed by atoms with Crippen molar-refractivity contribution in [3.8, 4) is 0 Å². The third-order valence-electron chi connectivity index (χ3n) is 3.83. The number of amides is 2. The summed E-state index contributed by atoms with van der Waals surface area (Å²) in [6.07, 6.45) is 1.67. The van der Waals surface area contributed by atoms with Gasteiger partial charge in [-0.2, -0.15) is 0 Å². The lowest BCUT2D eigenvalue weighted by Gasteiger charge is -2.33. The lowest BCUT2D eigenvalue weighted by atomic mass is 10.2. The number of urea groups is 1. The number of likely N-dealkylation sites (tertiary alicyclic amines) is 1. The first-order valence-electron chi connectivity index (χ1n) is 6.88. The molecule has 2 aliphatic rings. The van der Waals surface area contributed by atoms with Gasteiger partial charge < -0.3 is 20.0 Å². The van der Waals surface area contributed by atoms with Crippen LogP contribution in [0.15, 0.2) is 0 Å². The minimum absolute atomic E-state index is 0.0419. The average Bonchev–Trinajstić information content (AvgIpc) is 3.05. The van der Waals surface area contributed by atoms with Crippen LogP contribution in [0.5, 0.6) is 0 Å². The molecule has 6 heteroatoms. The Morgan fingerprint density at radius 1 is 1.37 bits per heavy atom. The Labute approximate surface area is 113 Å². The third-order valence-corrected chi connectivity index (χ3v) is 3.83. The van der Waals surface area contributed by atoms with Crippen LogP contribution >= 0.6 is 0 Å². The predicted octanol–water partition coefficient (Wildman–Crippen LogP) is 0.747. The molecule has 0 aromatic carbocycles. The standard InChI is InChI=1S/C13H22N2O4/c1-8(2)14(6-9-3-4-9)13(19)15-7-10(16)5-11(15)12(17)18/h8-11,16H,3-7H2,1-2H3,(H,17,18)/t10?,11-/m0/s1. The lowest BCUT2D eigenvalue weighted by Crippen LogP contribution is -2.51. The van der Waals surface area contributed by atoms with Crippen molar-refractivity contribution in [1.29, 1.82) is 0 Å². The lowest BCUT2D eigenvalue weighted by molar-refractivity contribution is -0.141. The monoisotopic (exact) mass is 270 g/mol. The number of hydrogen-bond acceptors (Lipinski definition) is 3. The normalized spacial score (nSPS) is 26.8. The molecule has 0 spiro atoms. The van der Waals surface area contributed by atoms with Gasteiger partial charge in [-0.25, -0.2) is 9.59 Å². The SMILES string of the molecule is CC(C)N(CC1CC1)C(=O)N1CC(O)C[C@H]1C(=O)O. The quantitative estimate of drug-likeness (QED) is 0.789. The number of carboxylic acid groups (broad SMARTS) is 1. The maximum atomic E-state index is 12.5. The zero-order valence-electron chi connectivity index (χ0n) is 11.5. The number of nitrogens with zero attached hydrogens (tertiary/aromatic N) is 2. The van der Waals surface area contributed by atoms with Crippen LogP contribution < -0.4 is 0 Å². The second-order valence-corrected chi connectivity index (χ2v) is 5.87. The van der Waals surface area contributed by atoms with Crippen LogP contribution in [0.4, 0.5) is 4.79 Å². The molecule has 2 amide bonds. The van der Waals surface area contributed by atoms with Crippen LogP contribution in [0.3, 0.4) is 0 Å². The number of carboxylic acids is 1. The molecule has 6 nitrogen and oxygen atoms in total. The Hall–Kier alpha value is -1.30. The molecule has 19 heavy (non-hydrogen) atoms. The molecule has 2 N–H and O–H groups in total. The smallest absolute Gasteiger partial charge is 0.326 e. The minimum Gasteiger partial charge on any atom is -0.480 e. The van der Waals surface area contributed by atoms with Gasteiger partial charge in [0.2, 0.25) is 0 Å². The molecular formula is C13H22N2O4. The van der Waals surface area contributed by atoms with Gasteiger partial charge in [0.1, 0.15) is 6.04 Å². The van der Waals surface area contributed by atoms with E-state index in [1.807, 2.05) is 13.8 Å². The maximum absolute atomic E-state index is 12.5. The molecule has 2 rings (SSSR count). The van der Waals surface area contributed by atoms with Crippen LogP contribution in [0.2, 0.25) is 0 Å². The van der Waals surface area contributed by atoms with Gasteiger partial charge in [0.15, 0.2) is 0 Å². The fraction of sp³-hybridized carbons (Fsp3) is 0.846. The third kappa shape index (κ3) is 3.18. The molecule has 1 unspecified atom stereocenters. The molecule has 2 atom stereocenters. The zero-order chi connectivity index (χ0) is 14.2. The van der Waals surface area contributed by atoms with Crippen molar-refractivity contribution in [1.82, 2.24) is 9.80 Å². The fourth-order valence-electron chi connectivity index (χ4n) is 2.51. The Bertz CT molecular complexity index is 368. The molecule has 0 bridgehead atoms. The number of carbonyl (C=O) groups is 2. The molecule has 1 aliphatic heterocycles. The van der Waals surface area contributed by atoms with Crippen molar-refractivity contribution >= 4 is 12.0 Å². The molecule has 0 radical (unpaired) electrons. The van der Waals surface area contributed by atoms with E-state index in [2.05, 4.69) is 0 Å². The molecule has 1 heterocycles. The van der Waals surface area contributed by atoms with Crippen LogP contribution in [-0.2, 0) is 4.79 Å². The molecular weight excluding hydrogens is 248 g/mol. The number of carbonyl (C=O) groups excluding carboxylic acids is 1. The highest BCUT2D eigenvalue weighted by Gasteiger charge is 2.41. The molecule has 2 fully saturated rings. The largest absolute Gasteiger partial charge is 0.480 e. The summed E-state index contributed by atoms with van der Waals surface area (Å²) in [6, 6.07) is -1.12. The summed E-state index contributed by atoms with van der Waals surface area (Å²) >= 11 is 0. The Morgan fingerprint density at radius 2 is 2.00 bits per heavy atom. The van der Waals surface area contributed by atoms with Gasteiger partial charge in [0, 0.05) is 25.6 Å². The summed E-state index contributed by atoms with van der Waals surface area (Å²) in [4.78, 5) is 26.7. The number of aliphatic carboxylic acids is 1. The minimum atomic E-state index is -1.04. The molecule has 108 valence electrons. The highest BCUT2D eigenvalue weighted by Crippen LogP contribution is 2.31. The summed E-state index contributed by atoms with van der Waals surface area (Å²) in [5, 5.41) is 18.7. The van der Waals surface area contributed by atoms with Crippen LogP contribution in [-0.4, -0.2) is 63.3 Å². The molecule has 1 saturated heterocycles. The molecule has 1 saturated carbocycles. The van der Waals surface area contributed by atoms with E-state index in [1.54, 1.807) is 4.90 Å². The van der Waals surface area contributed by atoms with Gasteiger partial charge in [-0.1, -0.05) is 0 Å². The Morgan fingerprint density at radius 3 is 2.47 bits per heavy atom. The summed E-state index contributed by atoms with van der Waals surface area (Å²) in [6.45, 7) is 4.67. The zero-order valence-corrected chi connectivity index (χ0v) is 11.5. The van der Waals surface area contributed by atoms with Crippen molar-refractivity contribution in [2.24, 2.45) is 5.92 Å². The Balaban J connectivity index is 2.08. The summed E-state index contributed by atoms with van der Waals surface area (Å²) < 4.78 is 0. The van der Waals surface area contributed by atoms with E-state index in [4.69, 9.17) is 5.11 Å². The number of hydrogen-bond donors (Lipinski definition) is 2. The van der Waals surface area contributed by atoms with E-state index in [0.717, 1.165) is 12.8 Å². The van der Waals surface area contributed by atoms with Crippen LogP contribution in [0.1, 0.15) is 33.1 Å². The van der Waals surface area contributed by atoms with Crippen molar-refractivity contribution in [2.75, 3.05) is 13.1 Å². The topological polar surface area (TPSA) is 81.1 Å². The van der Waals surface area contributed by atoms with E-state index in [-0.39, 0.29) is 25.0 Å². The van der Waals surface area contributed by atoms with Crippen molar-refractivity contribution < 1.29 is 19.8 Å². The van der Waals surface area contributed by atoms with Crippen LogP contribution in [0.25, 0.3) is 0 Å². The van der Waals surface area contributed by atoms with Gasteiger partial charge in [0.25, 0.3) is 0 Å². The summed E-state index contributed by atoms with van der Waals surface area (Å²) in [7, 11) is 0. The first-order chi connectivity index (χ1) is 8.90. The fourth-order valence-corrected chi connectivity index (χ4v) is 2.51. The highest BCUT2D eigenvalue weighted by molar-refractivity contribution is 5.83. The van der Waals surface area contributed by atoms with E-state index in [0.29, 0.717) is 12.5 Å². The van der Waals surface area contributed by atoms with E-state index >= 15 is 0 Å². The number of β-amino-alcohol motifs (C(OH)–C–C–N with tert-alkyl or cyclic N) is 1. The van der Waals surface area contributed by atoms with Gasteiger partial charge >= 0.3 is 12.0 Å². The first-order valence-corrected chi connectivity index (χ1v) is 6.88. The molecule has 0 aromatic heterocycles. The van der Waals surface area contributed by atoms with Gasteiger partial charge in [0.05, 0.1) is 6.10 Å². The number of aliphatic hydroxyl groups excluding tert-OH is 1. The van der Waals surface area contributed by atoms with Crippen molar-refractivity contribution in [3.63, 3.8) is 0 Å². The van der Waals surface area contributed by atoms with E-state index in [1.165, 1.54) is 4.90 Å². The second kappa shape index (κ2) is 5.36. The van der Waals surface area contributed by atoms with Gasteiger partial charge in [-0.15, -0.1) is 0 Å². The van der Waals surface area contributed by atoms with Crippen molar-refractivity contribution in [2.45, 2.75) is 51.3 Å². The maximum Gasteiger partial charge on any atom is 0.326 e. The summed E-state index contributed by atoms with van der Waals surface area (Å²) in [5.74, 6) is -0.484. The molecule has 1 aliphatic carbocycles. The average molecular weight is 270 g/mol. The van der Waals surface area contributed by atoms with Gasteiger partial charge in [-0.05, 0) is 32.6 Å². The predicted molar refractivity (Wildman–Crippen MR) is 68.7 cm³/mol. The highest BCUT2D eigenvalue weighted by atomic mass is 16.4. The van der Waals surface area contributed by atoms with Crippen LogP contribution in [0, 0.1) is 5.92 Å². The summed E-state index contributed by atoms with van der Waals surface area (Å²) in [5.41, 5.74) is 0. The first kappa shape index (κ1) is 14.1. The van der Waals surface area contributed by atoms with Gasteiger partial charge in [-0.3, -0.25) is 0 Å². The molecule has 0 aromatic rings. The van der Waals surface area contributed by atoms with Crippen molar-refractivity contribution in [3.05, 3.63) is 0 Å². The van der Waals surface area contributed by atoms with E-state index < -0.39 is 18.1 Å².